The van der Waals surface area contributed by atoms with Crippen molar-refractivity contribution in [1.82, 2.24) is 0 Å². The highest BCUT2D eigenvalue weighted by atomic mass is 32.2. The van der Waals surface area contributed by atoms with E-state index < -0.39 is 21.4 Å². The second-order valence-corrected chi connectivity index (χ2v) is 6.61. The van der Waals surface area contributed by atoms with Crippen LogP contribution in [0.5, 0.6) is 5.75 Å². The van der Waals surface area contributed by atoms with Crippen LogP contribution in [-0.4, -0.2) is 20.1 Å². The molecular weight excluding hydrogens is 343 g/mol. The molecule has 0 N–H and O–H groups in total. The maximum absolute atomic E-state index is 12.6. The van der Waals surface area contributed by atoms with Gasteiger partial charge in [-0.1, -0.05) is 43.7 Å². The first-order valence-corrected chi connectivity index (χ1v) is 8.72. The van der Waals surface area contributed by atoms with Crippen LogP contribution in [0.4, 0.5) is 18.9 Å². The van der Waals surface area contributed by atoms with Crippen LogP contribution in [0.2, 0.25) is 0 Å². The lowest BCUT2D eigenvalue weighted by Crippen LogP contribution is -2.28. The summed E-state index contributed by atoms with van der Waals surface area (Å²) in [6.07, 6.45) is 3.99. The van der Waals surface area contributed by atoms with Gasteiger partial charge in [0.05, 0.1) is 0 Å². The highest BCUT2D eigenvalue weighted by Gasteiger charge is 2.48. The summed E-state index contributed by atoms with van der Waals surface area (Å²) in [4.78, 5) is 4.16. The summed E-state index contributed by atoms with van der Waals surface area (Å²) in [5, 5.41) is 1.23. The summed E-state index contributed by atoms with van der Waals surface area (Å²) >= 11 is 0. The van der Waals surface area contributed by atoms with E-state index in [4.69, 9.17) is 0 Å². The van der Waals surface area contributed by atoms with E-state index in [2.05, 4.69) is 9.18 Å². The minimum Gasteiger partial charge on any atom is -0.374 e. The quantitative estimate of drug-likeness (QED) is 0.317. The average Bonchev–Trinajstić information content (AvgIpc) is 2.51. The first-order chi connectivity index (χ1) is 11.3. The number of unbranched alkanes of at least 4 members (excludes halogenated alkanes) is 2. The normalized spacial score (nSPS) is 12.8. The number of fused-ring (bicyclic) bond motifs is 1. The first kappa shape index (κ1) is 18.3. The molecule has 0 heterocycles. The molecule has 0 fully saturated rings. The van der Waals surface area contributed by atoms with Crippen LogP contribution < -0.4 is 4.18 Å². The second-order valence-electron chi connectivity index (χ2n) is 5.07. The van der Waals surface area contributed by atoms with Crippen molar-refractivity contribution in [2.24, 2.45) is 4.99 Å². The van der Waals surface area contributed by atoms with Crippen molar-refractivity contribution in [3.63, 3.8) is 0 Å². The van der Waals surface area contributed by atoms with Gasteiger partial charge in [-0.05, 0) is 24.3 Å². The minimum atomic E-state index is -5.75. The smallest absolute Gasteiger partial charge is 0.374 e. The van der Waals surface area contributed by atoms with Crippen molar-refractivity contribution in [2.45, 2.75) is 31.7 Å². The van der Waals surface area contributed by atoms with Crippen LogP contribution in [0, 0.1) is 0 Å². The number of alkyl halides is 3. The van der Waals surface area contributed by atoms with E-state index in [9.17, 15) is 21.6 Å². The minimum absolute atomic E-state index is 0.0667. The summed E-state index contributed by atoms with van der Waals surface area (Å²) in [7, 11) is -5.75. The van der Waals surface area contributed by atoms with E-state index in [-0.39, 0.29) is 5.69 Å². The average molecular weight is 359 g/mol. The van der Waals surface area contributed by atoms with Crippen LogP contribution in [0.15, 0.2) is 41.4 Å². The van der Waals surface area contributed by atoms with Crippen molar-refractivity contribution in [1.29, 1.82) is 0 Å². The molecule has 0 spiro atoms. The molecule has 0 amide bonds. The summed E-state index contributed by atoms with van der Waals surface area (Å²) in [6, 6.07) is 9.52. The maximum atomic E-state index is 12.6. The molecule has 0 aliphatic carbocycles. The zero-order valence-electron chi connectivity index (χ0n) is 12.9. The number of hydrogen-bond donors (Lipinski definition) is 0. The number of aliphatic imine (C=N–C) groups is 1. The standard InChI is InChI=1S/C16H16F3NO3S/c1-2-3-6-11-20-15-13-8-5-4-7-12(13)9-10-14(15)23-24(21,22)16(17,18)19/h4-5,7-11H,2-3,6H2,1H3. The number of nitrogens with zero attached hydrogens (tertiary/aromatic N) is 1. The fraction of sp³-hybridized carbons (Fsp3) is 0.312. The number of rotatable bonds is 6. The van der Waals surface area contributed by atoms with Gasteiger partial charge in [-0.3, -0.25) is 4.99 Å². The Balaban J connectivity index is 2.51. The summed E-state index contributed by atoms with van der Waals surface area (Å²) < 4.78 is 64.6. The van der Waals surface area contributed by atoms with Gasteiger partial charge in [0.25, 0.3) is 0 Å². The highest BCUT2D eigenvalue weighted by molar-refractivity contribution is 7.88. The molecule has 2 aromatic rings. The molecule has 130 valence electrons. The van der Waals surface area contributed by atoms with E-state index in [1.165, 1.54) is 12.1 Å². The van der Waals surface area contributed by atoms with E-state index in [0.717, 1.165) is 18.2 Å². The topological polar surface area (TPSA) is 55.7 Å². The summed E-state index contributed by atoms with van der Waals surface area (Å²) in [5.74, 6) is -0.446. The Morgan fingerprint density at radius 2 is 1.88 bits per heavy atom. The van der Waals surface area contributed by atoms with Crippen molar-refractivity contribution in [3.8, 4) is 5.75 Å². The van der Waals surface area contributed by atoms with Gasteiger partial charge < -0.3 is 4.18 Å². The lowest BCUT2D eigenvalue weighted by Gasteiger charge is -2.12. The molecule has 0 aliphatic rings. The summed E-state index contributed by atoms with van der Waals surface area (Å²) in [5.41, 5.74) is -5.43. The van der Waals surface area contributed by atoms with E-state index in [1.807, 2.05) is 6.92 Å². The largest absolute Gasteiger partial charge is 0.534 e. The molecule has 0 radical (unpaired) electrons. The molecule has 0 aromatic heterocycles. The third-order valence-electron chi connectivity index (χ3n) is 3.25. The lowest BCUT2D eigenvalue weighted by atomic mass is 10.1. The van der Waals surface area contributed by atoms with Crippen molar-refractivity contribution < 1.29 is 25.8 Å². The van der Waals surface area contributed by atoms with Gasteiger partial charge in [0, 0.05) is 11.6 Å². The molecule has 4 nitrogen and oxygen atoms in total. The van der Waals surface area contributed by atoms with Gasteiger partial charge >= 0.3 is 15.6 Å². The zero-order chi connectivity index (χ0) is 17.8. The Labute approximate surface area is 138 Å². The van der Waals surface area contributed by atoms with Crippen molar-refractivity contribution in [2.75, 3.05) is 0 Å². The molecule has 2 aromatic carbocycles. The number of halogens is 3. The van der Waals surface area contributed by atoms with Crippen LogP contribution in [0.1, 0.15) is 26.2 Å². The number of benzene rings is 2. The van der Waals surface area contributed by atoms with Gasteiger partial charge in [0.15, 0.2) is 5.75 Å². The second kappa shape index (κ2) is 7.21. The molecule has 0 saturated heterocycles. The van der Waals surface area contributed by atoms with Crippen molar-refractivity contribution in [3.05, 3.63) is 36.4 Å². The van der Waals surface area contributed by atoms with Gasteiger partial charge in [0.1, 0.15) is 5.69 Å². The van der Waals surface area contributed by atoms with E-state index in [0.29, 0.717) is 11.8 Å². The fourth-order valence-electron chi connectivity index (χ4n) is 2.05. The van der Waals surface area contributed by atoms with Gasteiger partial charge in [0.2, 0.25) is 0 Å². The Hall–Kier alpha value is -2.09. The first-order valence-electron chi connectivity index (χ1n) is 7.31. The van der Waals surface area contributed by atoms with Crippen LogP contribution in [0.25, 0.3) is 10.8 Å². The lowest BCUT2D eigenvalue weighted by molar-refractivity contribution is -0.0499. The molecule has 0 atom stereocenters. The Kier molecular flexibility index (Phi) is 5.48. The monoisotopic (exact) mass is 359 g/mol. The Morgan fingerprint density at radius 1 is 1.17 bits per heavy atom. The van der Waals surface area contributed by atoms with Crippen LogP contribution in [0.3, 0.4) is 0 Å². The van der Waals surface area contributed by atoms with Crippen LogP contribution in [-0.2, 0) is 10.1 Å². The van der Waals surface area contributed by atoms with Crippen molar-refractivity contribution >= 4 is 32.8 Å². The van der Waals surface area contributed by atoms with Gasteiger partial charge in [-0.25, -0.2) is 0 Å². The SMILES string of the molecule is CCCCC=Nc1c(OS(=O)(=O)C(F)(F)F)ccc2ccccc12. The fourth-order valence-corrected chi connectivity index (χ4v) is 2.52. The molecule has 0 bridgehead atoms. The Morgan fingerprint density at radius 3 is 2.54 bits per heavy atom. The predicted octanol–water partition coefficient (Wildman–Crippen LogP) is 4.96. The predicted molar refractivity (Wildman–Crippen MR) is 87.2 cm³/mol. The molecular formula is C16H16F3NO3S. The summed E-state index contributed by atoms with van der Waals surface area (Å²) in [6.45, 7) is 2.00. The molecule has 8 heteroatoms. The highest BCUT2D eigenvalue weighted by Crippen LogP contribution is 2.38. The molecule has 0 aliphatic heterocycles. The van der Waals surface area contributed by atoms with Crippen LogP contribution >= 0.6 is 0 Å². The number of hydrogen-bond acceptors (Lipinski definition) is 4. The molecule has 0 unspecified atom stereocenters. The van der Waals surface area contributed by atoms with Gasteiger partial charge in [-0.15, -0.1) is 0 Å². The maximum Gasteiger partial charge on any atom is 0.534 e. The molecule has 24 heavy (non-hydrogen) atoms. The van der Waals surface area contributed by atoms with E-state index in [1.54, 1.807) is 30.5 Å². The van der Waals surface area contributed by atoms with Gasteiger partial charge in [-0.2, -0.15) is 21.6 Å². The Bertz CT molecular complexity index is 845. The molecule has 2 rings (SSSR count). The molecule has 0 saturated carbocycles. The third-order valence-corrected chi connectivity index (χ3v) is 4.22. The van der Waals surface area contributed by atoms with E-state index >= 15 is 0 Å². The zero-order valence-corrected chi connectivity index (χ0v) is 13.7. The third kappa shape index (κ3) is 4.05.